The molecular formula is C16H21NO3. The molecule has 4 heteroatoms. The number of hydrogen-bond donors (Lipinski definition) is 1. The molecule has 0 aliphatic carbocycles. The second-order valence-electron chi connectivity index (χ2n) is 5.73. The predicted octanol–water partition coefficient (Wildman–Crippen LogP) is 2.32. The summed E-state index contributed by atoms with van der Waals surface area (Å²) in [5, 5.41) is 2.44. The van der Waals surface area contributed by atoms with Gasteiger partial charge < -0.3 is 4.74 Å². The molecule has 0 spiro atoms. The standard InChI is InChI=1S/C16H21NO3/c1-4-13-15(19)17-14(18)10-16(13,2)9-11-5-7-12(20-3)8-6-11/h5-8,13H,4,9-10H2,1-3H3,(H,17,18,19). The molecule has 2 atom stereocenters. The summed E-state index contributed by atoms with van der Waals surface area (Å²) >= 11 is 0. The fourth-order valence-corrected chi connectivity index (χ4v) is 3.15. The van der Waals surface area contributed by atoms with Crippen molar-refractivity contribution in [2.75, 3.05) is 7.11 Å². The highest BCUT2D eigenvalue weighted by Crippen LogP contribution is 2.39. The average Bonchev–Trinajstić information content (AvgIpc) is 2.38. The van der Waals surface area contributed by atoms with Crippen LogP contribution in [0.15, 0.2) is 24.3 Å². The summed E-state index contributed by atoms with van der Waals surface area (Å²) in [6.07, 6.45) is 1.85. The Kier molecular flexibility index (Phi) is 4.12. The van der Waals surface area contributed by atoms with E-state index in [2.05, 4.69) is 5.32 Å². The van der Waals surface area contributed by atoms with E-state index in [4.69, 9.17) is 4.74 Å². The largest absolute Gasteiger partial charge is 0.497 e. The van der Waals surface area contributed by atoms with E-state index in [-0.39, 0.29) is 23.1 Å². The highest BCUT2D eigenvalue weighted by molar-refractivity contribution is 5.99. The van der Waals surface area contributed by atoms with Gasteiger partial charge in [-0.2, -0.15) is 0 Å². The minimum Gasteiger partial charge on any atom is -0.497 e. The Morgan fingerprint density at radius 3 is 2.50 bits per heavy atom. The van der Waals surface area contributed by atoms with Crippen molar-refractivity contribution in [2.45, 2.75) is 33.1 Å². The first-order valence-corrected chi connectivity index (χ1v) is 6.95. The molecule has 1 saturated heterocycles. The Balaban J connectivity index is 2.22. The second kappa shape index (κ2) is 5.65. The van der Waals surface area contributed by atoms with E-state index in [9.17, 15) is 9.59 Å². The summed E-state index contributed by atoms with van der Waals surface area (Å²) in [7, 11) is 1.63. The summed E-state index contributed by atoms with van der Waals surface area (Å²) in [4.78, 5) is 23.7. The molecule has 1 aliphatic heterocycles. The minimum atomic E-state index is -0.317. The Morgan fingerprint density at radius 2 is 1.95 bits per heavy atom. The van der Waals surface area contributed by atoms with Crippen molar-refractivity contribution in [3.63, 3.8) is 0 Å². The van der Waals surface area contributed by atoms with E-state index in [1.54, 1.807) is 7.11 Å². The minimum absolute atomic E-state index is 0.123. The third-order valence-electron chi connectivity index (χ3n) is 4.16. The van der Waals surface area contributed by atoms with Gasteiger partial charge in [0, 0.05) is 12.3 Å². The Labute approximate surface area is 119 Å². The smallest absolute Gasteiger partial charge is 0.230 e. The second-order valence-corrected chi connectivity index (χ2v) is 5.73. The SMILES string of the molecule is CCC1C(=O)NC(=O)CC1(C)Cc1ccc(OC)cc1. The van der Waals surface area contributed by atoms with Gasteiger partial charge in [0.15, 0.2) is 0 Å². The third-order valence-corrected chi connectivity index (χ3v) is 4.16. The van der Waals surface area contributed by atoms with Crippen molar-refractivity contribution in [1.29, 1.82) is 0 Å². The monoisotopic (exact) mass is 275 g/mol. The topological polar surface area (TPSA) is 55.4 Å². The van der Waals surface area contributed by atoms with Gasteiger partial charge in [-0.1, -0.05) is 26.0 Å². The number of ether oxygens (including phenoxy) is 1. The molecule has 0 radical (unpaired) electrons. The number of rotatable bonds is 4. The molecule has 20 heavy (non-hydrogen) atoms. The molecule has 2 amide bonds. The number of imide groups is 1. The van der Waals surface area contributed by atoms with Crippen molar-refractivity contribution in [1.82, 2.24) is 5.32 Å². The van der Waals surface area contributed by atoms with Crippen molar-refractivity contribution in [3.05, 3.63) is 29.8 Å². The number of carbonyl (C=O) groups is 2. The normalized spacial score (nSPS) is 26.2. The summed E-state index contributed by atoms with van der Waals surface area (Å²) in [5.74, 6) is 0.376. The fourth-order valence-electron chi connectivity index (χ4n) is 3.15. The molecule has 2 rings (SSSR count). The quantitative estimate of drug-likeness (QED) is 0.858. The predicted molar refractivity (Wildman–Crippen MR) is 76.4 cm³/mol. The number of benzene rings is 1. The van der Waals surface area contributed by atoms with Crippen LogP contribution in [0.1, 0.15) is 32.3 Å². The molecule has 0 aromatic heterocycles. The fraction of sp³-hybridized carbons (Fsp3) is 0.500. The lowest BCUT2D eigenvalue weighted by Gasteiger charge is -2.39. The molecule has 4 nitrogen and oxygen atoms in total. The lowest BCUT2D eigenvalue weighted by molar-refractivity contribution is -0.143. The van der Waals surface area contributed by atoms with E-state index in [1.165, 1.54) is 0 Å². The first kappa shape index (κ1) is 14.6. The number of carbonyl (C=O) groups excluding carboxylic acids is 2. The first-order chi connectivity index (χ1) is 9.48. The summed E-state index contributed by atoms with van der Waals surface area (Å²) in [5.41, 5.74) is 0.803. The van der Waals surface area contributed by atoms with E-state index in [0.717, 1.165) is 17.7 Å². The van der Waals surface area contributed by atoms with Crippen molar-refractivity contribution < 1.29 is 14.3 Å². The molecule has 1 aliphatic rings. The molecule has 0 saturated carbocycles. The third kappa shape index (κ3) is 2.84. The highest BCUT2D eigenvalue weighted by atomic mass is 16.5. The Hall–Kier alpha value is -1.84. The average molecular weight is 275 g/mol. The van der Waals surface area contributed by atoms with E-state index >= 15 is 0 Å². The van der Waals surface area contributed by atoms with Crippen LogP contribution in [0.2, 0.25) is 0 Å². The maximum Gasteiger partial charge on any atom is 0.230 e. The number of amides is 2. The van der Waals surface area contributed by atoms with Crippen LogP contribution in [0.25, 0.3) is 0 Å². The van der Waals surface area contributed by atoms with Crippen LogP contribution in [0, 0.1) is 11.3 Å². The lowest BCUT2D eigenvalue weighted by Crippen LogP contribution is -2.51. The van der Waals surface area contributed by atoms with Gasteiger partial charge >= 0.3 is 0 Å². The molecule has 1 heterocycles. The van der Waals surface area contributed by atoms with E-state index in [0.29, 0.717) is 12.8 Å². The summed E-state index contributed by atoms with van der Waals surface area (Å²) in [6.45, 7) is 4.02. The van der Waals surface area contributed by atoms with Gasteiger partial charge in [-0.05, 0) is 36.0 Å². The molecule has 1 N–H and O–H groups in total. The van der Waals surface area contributed by atoms with Crippen molar-refractivity contribution >= 4 is 11.8 Å². The van der Waals surface area contributed by atoms with Crippen LogP contribution < -0.4 is 10.1 Å². The van der Waals surface area contributed by atoms with Gasteiger partial charge in [-0.25, -0.2) is 0 Å². The molecule has 1 fully saturated rings. The number of methoxy groups -OCH3 is 1. The molecule has 1 aromatic carbocycles. The molecule has 2 unspecified atom stereocenters. The van der Waals surface area contributed by atoms with E-state index < -0.39 is 0 Å². The van der Waals surface area contributed by atoms with Crippen LogP contribution in [0.3, 0.4) is 0 Å². The van der Waals surface area contributed by atoms with Gasteiger partial charge in [-0.3, -0.25) is 14.9 Å². The van der Waals surface area contributed by atoms with Crippen LogP contribution in [0.4, 0.5) is 0 Å². The number of piperidine rings is 1. The van der Waals surface area contributed by atoms with E-state index in [1.807, 2.05) is 38.1 Å². The van der Waals surface area contributed by atoms with Gasteiger partial charge in [0.05, 0.1) is 7.11 Å². The van der Waals surface area contributed by atoms with Crippen LogP contribution >= 0.6 is 0 Å². The van der Waals surface area contributed by atoms with Gasteiger partial charge in [0.2, 0.25) is 11.8 Å². The molecular weight excluding hydrogens is 254 g/mol. The van der Waals surface area contributed by atoms with Gasteiger partial charge in [-0.15, -0.1) is 0 Å². The Morgan fingerprint density at radius 1 is 1.30 bits per heavy atom. The number of nitrogens with one attached hydrogen (secondary N) is 1. The maximum atomic E-state index is 12.0. The zero-order valence-corrected chi connectivity index (χ0v) is 12.2. The summed E-state index contributed by atoms with van der Waals surface area (Å²) in [6, 6.07) is 7.80. The van der Waals surface area contributed by atoms with Gasteiger partial charge in [0.25, 0.3) is 0 Å². The zero-order chi connectivity index (χ0) is 14.8. The molecule has 0 bridgehead atoms. The zero-order valence-electron chi connectivity index (χ0n) is 12.2. The Bertz CT molecular complexity index is 509. The van der Waals surface area contributed by atoms with Crippen LogP contribution in [0.5, 0.6) is 5.75 Å². The number of hydrogen-bond acceptors (Lipinski definition) is 3. The molecule has 1 aromatic rings. The van der Waals surface area contributed by atoms with Crippen molar-refractivity contribution in [2.24, 2.45) is 11.3 Å². The summed E-state index contributed by atoms with van der Waals surface area (Å²) < 4.78 is 5.14. The lowest BCUT2D eigenvalue weighted by atomic mass is 9.67. The molecule has 108 valence electrons. The van der Waals surface area contributed by atoms with Gasteiger partial charge in [0.1, 0.15) is 5.75 Å². The highest BCUT2D eigenvalue weighted by Gasteiger charge is 2.43. The van der Waals surface area contributed by atoms with Crippen LogP contribution in [-0.4, -0.2) is 18.9 Å². The van der Waals surface area contributed by atoms with Crippen molar-refractivity contribution in [3.8, 4) is 5.75 Å². The first-order valence-electron chi connectivity index (χ1n) is 6.95. The van der Waals surface area contributed by atoms with Crippen LogP contribution in [-0.2, 0) is 16.0 Å². The maximum absolute atomic E-state index is 12.0.